The third-order valence-corrected chi connectivity index (χ3v) is 5.72. The number of carbonyl (C=O) groups is 1. The van der Waals surface area contributed by atoms with Gasteiger partial charge in [0.15, 0.2) is 5.78 Å². The molecule has 2 heteroatoms. The van der Waals surface area contributed by atoms with Crippen LogP contribution < -0.4 is 0 Å². The van der Waals surface area contributed by atoms with Gasteiger partial charge in [0, 0.05) is 10.8 Å². The van der Waals surface area contributed by atoms with Crippen LogP contribution in [0.1, 0.15) is 12.0 Å². The first-order valence-electron chi connectivity index (χ1n) is 6.91. The van der Waals surface area contributed by atoms with Gasteiger partial charge in [-0.05, 0) is 43.2 Å². The van der Waals surface area contributed by atoms with Crippen molar-refractivity contribution in [3.05, 3.63) is 53.0 Å². The molecule has 0 spiro atoms. The number of carbonyl (C=O) groups excluding carboxylic acids is 1. The van der Waals surface area contributed by atoms with Crippen LogP contribution in [-0.4, -0.2) is 5.78 Å². The maximum atomic E-state index is 12.5. The summed E-state index contributed by atoms with van der Waals surface area (Å²) in [6.07, 6.45) is 8.01. The van der Waals surface area contributed by atoms with E-state index in [9.17, 15) is 4.79 Å². The highest BCUT2D eigenvalue weighted by Gasteiger charge is 2.51. The van der Waals surface area contributed by atoms with Gasteiger partial charge in [-0.1, -0.05) is 47.7 Å². The Morgan fingerprint density at radius 2 is 1.84 bits per heavy atom. The molecule has 1 nitrogen and oxygen atoms in total. The van der Waals surface area contributed by atoms with Gasteiger partial charge in [0.05, 0.1) is 4.91 Å². The van der Waals surface area contributed by atoms with Crippen molar-refractivity contribution in [2.24, 2.45) is 23.7 Å². The smallest absolute Gasteiger partial charge is 0.173 e. The molecule has 0 heterocycles. The zero-order chi connectivity index (χ0) is 13.0. The van der Waals surface area contributed by atoms with E-state index in [0.29, 0.717) is 23.5 Å². The molecule has 2 bridgehead atoms. The first-order chi connectivity index (χ1) is 9.22. The van der Waals surface area contributed by atoms with Gasteiger partial charge in [0.2, 0.25) is 0 Å². The molecule has 4 rings (SSSR count). The lowest BCUT2D eigenvalue weighted by Crippen LogP contribution is -2.20. The quantitative estimate of drug-likeness (QED) is 0.754. The molecule has 1 aromatic rings. The van der Waals surface area contributed by atoms with Crippen LogP contribution in [0.3, 0.4) is 0 Å². The third kappa shape index (κ3) is 1.73. The molecule has 0 aliphatic heterocycles. The summed E-state index contributed by atoms with van der Waals surface area (Å²) in [5.74, 6) is 2.25. The SMILES string of the molecule is Cc1ccc(SC2=C[C@@H]3[C@H](C2=O)[C@H]2C=C[C@@H]3C2)cc1. The molecule has 1 saturated carbocycles. The van der Waals surface area contributed by atoms with E-state index < -0.39 is 0 Å². The molecule has 0 aromatic heterocycles. The van der Waals surface area contributed by atoms with Crippen LogP contribution in [0.2, 0.25) is 0 Å². The van der Waals surface area contributed by atoms with Crippen molar-refractivity contribution in [2.75, 3.05) is 0 Å². The molecule has 1 fully saturated rings. The lowest BCUT2D eigenvalue weighted by molar-refractivity contribution is -0.119. The molecule has 0 amide bonds. The van der Waals surface area contributed by atoms with E-state index in [2.05, 4.69) is 49.4 Å². The van der Waals surface area contributed by atoms with Crippen molar-refractivity contribution in [3.63, 3.8) is 0 Å². The maximum absolute atomic E-state index is 12.5. The van der Waals surface area contributed by atoms with Crippen LogP contribution >= 0.6 is 11.8 Å². The van der Waals surface area contributed by atoms with Crippen molar-refractivity contribution < 1.29 is 4.79 Å². The number of hydrogen-bond acceptors (Lipinski definition) is 2. The van der Waals surface area contributed by atoms with E-state index in [1.165, 1.54) is 16.9 Å². The monoisotopic (exact) mass is 268 g/mol. The fraction of sp³-hybridized carbons (Fsp3) is 0.353. The van der Waals surface area contributed by atoms with E-state index in [0.717, 1.165) is 4.91 Å². The van der Waals surface area contributed by atoms with Crippen molar-refractivity contribution in [1.82, 2.24) is 0 Å². The molecule has 4 atom stereocenters. The van der Waals surface area contributed by atoms with Gasteiger partial charge >= 0.3 is 0 Å². The number of thioether (sulfide) groups is 1. The highest BCUT2D eigenvalue weighted by molar-refractivity contribution is 8.04. The Balaban J connectivity index is 1.59. The van der Waals surface area contributed by atoms with Crippen molar-refractivity contribution in [1.29, 1.82) is 0 Å². The summed E-state index contributed by atoms with van der Waals surface area (Å²) < 4.78 is 0. The van der Waals surface area contributed by atoms with Crippen LogP contribution in [0.4, 0.5) is 0 Å². The Kier molecular flexibility index (Phi) is 2.49. The fourth-order valence-electron chi connectivity index (χ4n) is 3.70. The zero-order valence-electron chi connectivity index (χ0n) is 10.9. The summed E-state index contributed by atoms with van der Waals surface area (Å²) in [4.78, 5) is 14.7. The Hall–Kier alpha value is -1.28. The Morgan fingerprint density at radius 1 is 1.11 bits per heavy atom. The van der Waals surface area contributed by atoms with E-state index in [1.54, 1.807) is 11.8 Å². The lowest BCUT2D eigenvalue weighted by atomic mass is 9.85. The van der Waals surface area contributed by atoms with Crippen LogP contribution in [0.25, 0.3) is 0 Å². The first kappa shape index (κ1) is 11.5. The van der Waals surface area contributed by atoms with Gasteiger partial charge in [-0.3, -0.25) is 4.79 Å². The van der Waals surface area contributed by atoms with E-state index in [1.807, 2.05) is 0 Å². The fourth-order valence-corrected chi connectivity index (χ4v) is 4.68. The number of rotatable bonds is 2. The largest absolute Gasteiger partial charge is 0.293 e. The van der Waals surface area contributed by atoms with Crippen LogP contribution in [0.5, 0.6) is 0 Å². The van der Waals surface area contributed by atoms with Gasteiger partial charge in [-0.2, -0.15) is 0 Å². The number of aryl methyl sites for hydroxylation is 1. The second-order valence-electron chi connectivity index (χ2n) is 5.86. The van der Waals surface area contributed by atoms with E-state index in [-0.39, 0.29) is 5.92 Å². The summed E-state index contributed by atoms with van der Waals surface area (Å²) >= 11 is 1.64. The minimum Gasteiger partial charge on any atom is -0.293 e. The second-order valence-corrected chi connectivity index (χ2v) is 6.98. The summed E-state index contributed by atoms with van der Waals surface area (Å²) in [5.41, 5.74) is 1.26. The summed E-state index contributed by atoms with van der Waals surface area (Å²) in [5, 5.41) is 0. The number of Topliss-reactive ketones (excluding diaryl/α,β-unsaturated/α-hetero) is 1. The van der Waals surface area contributed by atoms with Gasteiger partial charge in [0.1, 0.15) is 0 Å². The topological polar surface area (TPSA) is 17.1 Å². The molecular weight excluding hydrogens is 252 g/mol. The first-order valence-corrected chi connectivity index (χ1v) is 7.73. The average molecular weight is 268 g/mol. The minimum absolute atomic E-state index is 0.253. The molecule has 3 aliphatic rings. The number of ketones is 1. The van der Waals surface area contributed by atoms with Crippen LogP contribution in [-0.2, 0) is 4.79 Å². The summed E-state index contributed by atoms with van der Waals surface area (Å²) in [7, 11) is 0. The molecule has 0 radical (unpaired) electrons. The molecule has 0 N–H and O–H groups in total. The van der Waals surface area contributed by atoms with E-state index in [4.69, 9.17) is 0 Å². The predicted octanol–water partition coefficient (Wildman–Crippen LogP) is 3.99. The normalized spacial score (nSPS) is 34.8. The number of fused-ring (bicyclic) bond motifs is 5. The van der Waals surface area contributed by atoms with Gasteiger partial charge in [-0.15, -0.1) is 0 Å². The molecule has 0 unspecified atom stereocenters. The third-order valence-electron chi connectivity index (χ3n) is 4.66. The molecule has 1 aromatic carbocycles. The molecule has 96 valence electrons. The van der Waals surface area contributed by atoms with Crippen LogP contribution in [0.15, 0.2) is 52.3 Å². The number of benzene rings is 1. The van der Waals surface area contributed by atoms with Crippen molar-refractivity contribution in [3.8, 4) is 0 Å². The lowest BCUT2D eigenvalue weighted by Gasteiger charge is -2.17. The summed E-state index contributed by atoms with van der Waals surface area (Å²) in [6.45, 7) is 2.09. The highest BCUT2D eigenvalue weighted by atomic mass is 32.2. The van der Waals surface area contributed by atoms with E-state index >= 15 is 0 Å². The highest BCUT2D eigenvalue weighted by Crippen LogP contribution is 2.54. The second kappa shape index (κ2) is 4.11. The van der Waals surface area contributed by atoms with Gasteiger partial charge in [-0.25, -0.2) is 0 Å². The van der Waals surface area contributed by atoms with Crippen molar-refractivity contribution >= 4 is 17.5 Å². The average Bonchev–Trinajstić information content (AvgIpc) is 3.07. The maximum Gasteiger partial charge on any atom is 0.173 e. The molecule has 0 saturated heterocycles. The molecule has 3 aliphatic carbocycles. The zero-order valence-corrected chi connectivity index (χ0v) is 11.7. The van der Waals surface area contributed by atoms with Crippen LogP contribution in [0, 0.1) is 30.6 Å². The van der Waals surface area contributed by atoms with Gasteiger partial charge in [0.25, 0.3) is 0 Å². The van der Waals surface area contributed by atoms with Gasteiger partial charge < -0.3 is 0 Å². The Morgan fingerprint density at radius 3 is 2.58 bits per heavy atom. The Bertz CT molecular complexity index is 596. The van der Waals surface area contributed by atoms with Crippen molar-refractivity contribution in [2.45, 2.75) is 18.2 Å². The predicted molar refractivity (Wildman–Crippen MR) is 77.8 cm³/mol. The summed E-state index contributed by atoms with van der Waals surface area (Å²) in [6, 6.07) is 8.42. The molecular formula is C17H16OS. The minimum atomic E-state index is 0.253. The number of allylic oxidation sites excluding steroid dienone is 4. The standard InChI is InChI=1S/C17H16OS/c1-10-2-6-13(7-3-10)19-15-9-14-11-4-5-12(8-11)16(14)17(15)18/h2-7,9,11-12,14,16H,8H2,1H3/t11-,12+,14+,16-/m1/s1. The Labute approximate surface area is 117 Å². The molecule has 19 heavy (non-hydrogen) atoms. The number of hydrogen-bond donors (Lipinski definition) is 0.